The highest BCUT2D eigenvalue weighted by atomic mass is 35.5. The van der Waals surface area contributed by atoms with Crippen LogP contribution < -0.4 is 4.72 Å². The van der Waals surface area contributed by atoms with Gasteiger partial charge in [0, 0.05) is 31.9 Å². The minimum Gasteiger partial charge on any atom is -0.343 e. The third kappa shape index (κ3) is 5.23. The number of nitrogens with one attached hydrogen (secondary N) is 1. The topological polar surface area (TPSA) is 66.5 Å². The van der Waals surface area contributed by atoms with Crippen LogP contribution in [0.5, 0.6) is 0 Å². The van der Waals surface area contributed by atoms with Gasteiger partial charge in [-0.25, -0.2) is 13.1 Å². The maximum absolute atomic E-state index is 11.6. The molecule has 0 saturated carbocycles. The first kappa shape index (κ1) is 14.7. The summed E-state index contributed by atoms with van der Waals surface area (Å²) < 4.78 is 25.9. The monoisotopic (exact) mass is 282 g/mol. The third-order valence-electron chi connectivity index (χ3n) is 2.83. The summed E-state index contributed by atoms with van der Waals surface area (Å²) in [6, 6.07) is -0.0501. The molecule has 1 aliphatic heterocycles. The quantitative estimate of drug-likeness (QED) is 0.749. The molecular formula is C10H19ClN2O3S. The van der Waals surface area contributed by atoms with E-state index >= 15 is 0 Å². The smallest absolute Gasteiger partial charge is 0.219 e. The van der Waals surface area contributed by atoms with Gasteiger partial charge in [-0.3, -0.25) is 4.79 Å². The number of nitrogens with zero attached hydrogens (tertiary/aromatic N) is 1. The molecule has 17 heavy (non-hydrogen) atoms. The van der Waals surface area contributed by atoms with Gasteiger partial charge in [0.05, 0.1) is 5.75 Å². The van der Waals surface area contributed by atoms with E-state index in [2.05, 4.69) is 4.72 Å². The van der Waals surface area contributed by atoms with Gasteiger partial charge in [-0.05, 0) is 19.3 Å². The maximum Gasteiger partial charge on any atom is 0.219 e. The molecule has 0 bridgehead atoms. The van der Waals surface area contributed by atoms with E-state index in [0.717, 1.165) is 0 Å². The van der Waals surface area contributed by atoms with E-state index in [0.29, 0.717) is 38.2 Å². The summed E-state index contributed by atoms with van der Waals surface area (Å²) in [6.07, 6.45) is 1.82. The number of alkyl halides is 1. The summed E-state index contributed by atoms with van der Waals surface area (Å²) >= 11 is 5.47. The van der Waals surface area contributed by atoms with Gasteiger partial charge in [0.15, 0.2) is 0 Å². The molecule has 1 saturated heterocycles. The van der Waals surface area contributed by atoms with E-state index in [1.165, 1.54) is 6.92 Å². The van der Waals surface area contributed by atoms with E-state index in [9.17, 15) is 13.2 Å². The van der Waals surface area contributed by atoms with Crippen molar-refractivity contribution in [3.8, 4) is 0 Å². The molecule has 1 N–H and O–H groups in total. The summed E-state index contributed by atoms with van der Waals surface area (Å²) in [4.78, 5) is 12.8. The Morgan fingerprint density at radius 1 is 1.41 bits per heavy atom. The maximum atomic E-state index is 11.6. The first-order valence-electron chi connectivity index (χ1n) is 5.76. The van der Waals surface area contributed by atoms with Crippen molar-refractivity contribution in [2.75, 3.05) is 24.7 Å². The summed E-state index contributed by atoms with van der Waals surface area (Å²) in [5.74, 6) is 0.473. The highest BCUT2D eigenvalue weighted by molar-refractivity contribution is 7.89. The van der Waals surface area contributed by atoms with Crippen molar-refractivity contribution in [3.63, 3.8) is 0 Å². The molecule has 100 valence electrons. The van der Waals surface area contributed by atoms with Crippen LogP contribution in [0.25, 0.3) is 0 Å². The van der Waals surface area contributed by atoms with Crippen LogP contribution in [-0.4, -0.2) is 50.0 Å². The Kier molecular flexibility index (Phi) is 5.69. The first-order chi connectivity index (χ1) is 7.94. The first-order valence-corrected chi connectivity index (χ1v) is 7.95. The molecule has 0 aromatic heterocycles. The van der Waals surface area contributed by atoms with Crippen LogP contribution in [0.1, 0.15) is 26.2 Å². The Morgan fingerprint density at radius 2 is 2.00 bits per heavy atom. The normalized spacial score (nSPS) is 18.4. The van der Waals surface area contributed by atoms with Crippen molar-refractivity contribution in [1.29, 1.82) is 0 Å². The van der Waals surface area contributed by atoms with E-state index in [-0.39, 0.29) is 17.7 Å². The lowest BCUT2D eigenvalue weighted by Gasteiger charge is -2.31. The zero-order valence-electron chi connectivity index (χ0n) is 9.99. The zero-order chi connectivity index (χ0) is 12.9. The van der Waals surface area contributed by atoms with Crippen LogP contribution in [0, 0.1) is 0 Å². The number of likely N-dealkylation sites (tertiary alicyclic amines) is 1. The van der Waals surface area contributed by atoms with Crippen LogP contribution >= 0.6 is 11.6 Å². The number of rotatable bonds is 5. The van der Waals surface area contributed by atoms with Gasteiger partial charge in [-0.2, -0.15) is 0 Å². The fourth-order valence-corrected chi connectivity index (χ4v) is 3.55. The molecular weight excluding hydrogens is 264 g/mol. The van der Waals surface area contributed by atoms with Gasteiger partial charge in [-0.15, -0.1) is 11.6 Å². The van der Waals surface area contributed by atoms with E-state index in [1.54, 1.807) is 4.90 Å². The van der Waals surface area contributed by atoms with Gasteiger partial charge in [-0.1, -0.05) is 0 Å². The number of hydrogen-bond acceptors (Lipinski definition) is 3. The fourth-order valence-electron chi connectivity index (χ4n) is 1.87. The predicted octanol–water partition coefficient (Wildman–Crippen LogP) is 0.546. The molecule has 1 rings (SSSR count). The Bertz CT molecular complexity index is 351. The highest BCUT2D eigenvalue weighted by Gasteiger charge is 2.24. The number of sulfonamides is 1. The Morgan fingerprint density at radius 3 is 2.47 bits per heavy atom. The number of halogens is 1. The van der Waals surface area contributed by atoms with E-state index in [4.69, 9.17) is 11.6 Å². The standard InChI is InChI=1S/C10H19ClN2O3S/c1-9(14)13-6-3-10(4-7-13)12-17(15,16)8-2-5-11/h10,12H,2-8H2,1H3. The van der Waals surface area contributed by atoms with Crippen LogP contribution in [0.15, 0.2) is 0 Å². The second-order valence-corrected chi connectivity index (χ2v) is 6.51. The Hall–Kier alpha value is -0.330. The molecule has 0 unspecified atom stereocenters. The number of hydrogen-bond donors (Lipinski definition) is 1. The second kappa shape index (κ2) is 6.56. The predicted molar refractivity (Wildman–Crippen MR) is 67.5 cm³/mol. The molecule has 1 fully saturated rings. The summed E-state index contributed by atoms with van der Waals surface area (Å²) in [5, 5.41) is 0. The molecule has 1 heterocycles. The average molecular weight is 283 g/mol. The van der Waals surface area contributed by atoms with Crippen LogP contribution in [-0.2, 0) is 14.8 Å². The minimum absolute atomic E-state index is 0.0495. The molecule has 7 heteroatoms. The molecule has 1 aliphatic rings. The van der Waals surface area contributed by atoms with Crippen LogP contribution in [0.4, 0.5) is 0 Å². The van der Waals surface area contributed by atoms with Crippen LogP contribution in [0.3, 0.4) is 0 Å². The van der Waals surface area contributed by atoms with Crippen molar-refractivity contribution in [2.45, 2.75) is 32.2 Å². The van der Waals surface area contributed by atoms with Gasteiger partial charge in [0.25, 0.3) is 0 Å². The lowest BCUT2D eigenvalue weighted by molar-refractivity contribution is -0.129. The van der Waals surface area contributed by atoms with Gasteiger partial charge >= 0.3 is 0 Å². The van der Waals surface area contributed by atoms with E-state index < -0.39 is 10.0 Å². The van der Waals surface area contributed by atoms with Crippen molar-refractivity contribution in [2.24, 2.45) is 0 Å². The SMILES string of the molecule is CC(=O)N1CCC(NS(=O)(=O)CCCCl)CC1. The number of carbonyl (C=O) groups excluding carboxylic acids is 1. The molecule has 1 amide bonds. The van der Waals surface area contributed by atoms with Crippen molar-refractivity contribution in [3.05, 3.63) is 0 Å². The Labute approximate surface area is 108 Å². The lowest BCUT2D eigenvalue weighted by atomic mass is 10.1. The molecule has 0 spiro atoms. The molecule has 0 atom stereocenters. The zero-order valence-corrected chi connectivity index (χ0v) is 11.6. The fraction of sp³-hybridized carbons (Fsp3) is 0.900. The number of piperidine rings is 1. The molecule has 0 aromatic carbocycles. The summed E-state index contributed by atoms with van der Waals surface area (Å²) in [5.41, 5.74) is 0. The molecule has 0 aromatic rings. The third-order valence-corrected chi connectivity index (χ3v) is 4.62. The molecule has 5 nitrogen and oxygen atoms in total. The van der Waals surface area contributed by atoms with Crippen molar-refractivity contribution >= 4 is 27.5 Å². The largest absolute Gasteiger partial charge is 0.343 e. The second-order valence-electron chi connectivity index (χ2n) is 4.26. The number of amides is 1. The minimum atomic E-state index is -3.22. The van der Waals surface area contributed by atoms with Gasteiger partial charge in [0.1, 0.15) is 0 Å². The number of carbonyl (C=O) groups is 1. The van der Waals surface area contributed by atoms with E-state index in [1.807, 2.05) is 0 Å². The highest BCUT2D eigenvalue weighted by Crippen LogP contribution is 2.11. The Balaban J connectivity index is 2.37. The van der Waals surface area contributed by atoms with Gasteiger partial charge in [0.2, 0.25) is 15.9 Å². The van der Waals surface area contributed by atoms with Gasteiger partial charge < -0.3 is 4.90 Å². The lowest BCUT2D eigenvalue weighted by Crippen LogP contribution is -2.46. The van der Waals surface area contributed by atoms with Crippen LogP contribution in [0.2, 0.25) is 0 Å². The average Bonchev–Trinajstić information content (AvgIpc) is 2.26. The molecule has 0 aliphatic carbocycles. The summed E-state index contributed by atoms with van der Waals surface area (Å²) in [7, 11) is -3.22. The molecule has 0 radical (unpaired) electrons. The van der Waals surface area contributed by atoms with Crippen molar-refractivity contribution < 1.29 is 13.2 Å². The van der Waals surface area contributed by atoms with Crippen molar-refractivity contribution in [1.82, 2.24) is 9.62 Å². The summed E-state index contributed by atoms with van der Waals surface area (Å²) in [6.45, 7) is 2.78.